The maximum atomic E-state index is 13.3. The minimum absolute atomic E-state index is 0.0447. The maximum Gasteiger partial charge on any atom is 0.251 e. The second kappa shape index (κ2) is 11.7. The third-order valence-electron chi connectivity index (χ3n) is 8.55. The molecule has 2 fully saturated rings. The molecule has 0 radical (unpaired) electrons. The van der Waals surface area contributed by atoms with Crippen molar-refractivity contribution >= 4 is 34.4 Å². The molecule has 6 rings (SSSR count). The highest BCUT2D eigenvalue weighted by atomic mass is 32.1. The first-order valence-electron chi connectivity index (χ1n) is 14.2. The number of thiophene rings is 1. The largest absolute Gasteiger partial charge is 0.490 e. The van der Waals surface area contributed by atoms with Gasteiger partial charge in [0.2, 0.25) is 0 Å². The first-order chi connectivity index (χ1) is 19.2. The van der Waals surface area contributed by atoms with Crippen LogP contribution in [0.1, 0.15) is 79.8 Å². The summed E-state index contributed by atoms with van der Waals surface area (Å²) in [7, 11) is 0. The molecule has 1 unspecified atom stereocenters. The van der Waals surface area contributed by atoms with Crippen LogP contribution in [-0.2, 0) is 4.79 Å². The summed E-state index contributed by atoms with van der Waals surface area (Å²) >= 11 is 1.68. The number of rotatable bonds is 10. The lowest BCUT2D eigenvalue weighted by atomic mass is 9.77. The van der Waals surface area contributed by atoms with Crippen molar-refractivity contribution < 1.29 is 14.3 Å². The van der Waals surface area contributed by atoms with E-state index >= 15 is 0 Å². The molecule has 39 heavy (non-hydrogen) atoms. The van der Waals surface area contributed by atoms with Crippen molar-refractivity contribution in [2.75, 3.05) is 0 Å². The van der Waals surface area contributed by atoms with Gasteiger partial charge in [-0.05, 0) is 122 Å². The predicted octanol–water partition coefficient (Wildman–Crippen LogP) is 7.48. The van der Waals surface area contributed by atoms with E-state index in [2.05, 4.69) is 32.3 Å². The number of fused-ring (bicyclic) bond motifs is 1. The fourth-order valence-electron chi connectivity index (χ4n) is 6.02. The van der Waals surface area contributed by atoms with E-state index in [1.165, 1.54) is 12.0 Å². The number of nitrogens with one attached hydrogen (secondary N) is 2. The fraction of sp³-hybridized carbons (Fsp3) is 0.406. The molecule has 0 aliphatic heterocycles. The molecule has 7 heteroatoms. The highest BCUT2D eigenvalue weighted by Crippen LogP contribution is 2.39. The Balaban J connectivity index is 1.14. The molecule has 0 bridgehead atoms. The summed E-state index contributed by atoms with van der Waals surface area (Å²) < 4.78 is 6.27. The molecule has 202 valence electrons. The topological polar surface area (TPSA) is 84.1 Å². The first-order valence-corrected chi connectivity index (χ1v) is 15.1. The van der Waals surface area contributed by atoms with Gasteiger partial charge < -0.3 is 14.8 Å². The standard InChI is InChI=1S/C32H35N3O3S/c36-17-2-3-21-6-11-26(12-7-21)38-27-13-8-23(9-14-27)31-28-19-24(10-15-29(28)34-35-31)32(37)33-30(22-4-1-5-22)25-16-18-39-20-25/h8-10,13-22,26,30H,1-7,11-12H2,(H,33,37)(H,34,35). The van der Waals surface area contributed by atoms with E-state index in [9.17, 15) is 9.59 Å². The Bertz CT molecular complexity index is 1400. The van der Waals surface area contributed by atoms with Gasteiger partial charge in [0, 0.05) is 22.9 Å². The van der Waals surface area contributed by atoms with Crippen LogP contribution in [0, 0.1) is 11.8 Å². The highest BCUT2D eigenvalue weighted by Gasteiger charge is 2.30. The van der Waals surface area contributed by atoms with E-state index in [1.807, 2.05) is 42.5 Å². The zero-order valence-corrected chi connectivity index (χ0v) is 22.9. The van der Waals surface area contributed by atoms with Crippen LogP contribution in [0.4, 0.5) is 0 Å². The average Bonchev–Trinajstić information content (AvgIpc) is 3.62. The molecule has 2 heterocycles. The summed E-state index contributed by atoms with van der Waals surface area (Å²) in [5, 5.41) is 16.2. The average molecular weight is 542 g/mol. The van der Waals surface area contributed by atoms with Crippen molar-refractivity contribution in [2.45, 2.75) is 69.9 Å². The number of benzene rings is 2. The molecule has 6 nitrogen and oxygen atoms in total. The van der Waals surface area contributed by atoms with E-state index < -0.39 is 0 Å². The van der Waals surface area contributed by atoms with Crippen molar-refractivity contribution in [2.24, 2.45) is 11.8 Å². The van der Waals surface area contributed by atoms with Crippen molar-refractivity contribution in [3.8, 4) is 17.0 Å². The molecule has 1 atom stereocenters. The van der Waals surface area contributed by atoms with Crippen molar-refractivity contribution in [1.29, 1.82) is 0 Å². The van der Waals surface area contributed by atoms with Gasteiger partial charge in [-0.2, -0.15) is 16.4 Å². The zero-order valence-electron chi connectivity index (χ0n) is 22.1. The number of carbonyl (C=O) groups is 2. The van der Waals surface area contributed by atoms with E-state index in [1.54, 1.807) is 11.3 Å². The van der Waals surface area contributed by atoms with Crippen molar-refractivity contribution in [1.82, 2.24) is 15.5 Å². The molecule has 2 aromatic heterocycles. The maximum absolute atomic E-state index is 13.3. The van der Waals surface area contributed by atoms with Crippen LogP contribution in [0.2, 0.25) is 0 Å². The highest BCUT2D eigenvalue weighted by molar-refractivity contribution is 7.08. The molecule has 0 saturated heterocycles. The molecule has 2 aromatic carbocycles. The SMILES string of the molecule is O=CCCC1CCC(Oc2ccc(-c3n[nH]c4ccc(C(=O)NC(c5ccsc5)C5CCC5)cc34)cc2)CC1. The Morgan fingerprint density at radius 1 is 1.08 bits per heavy atom. The van der Waals surface area contributed by atoms with E-state index in [4.69, 9.17) is 4.74 Å². The first kappa shape index (κ1) is 25.8. The van der Waals surface area contributed by atoms with Crippen LogP contribution < -0.4 is 10.1 Å². The summed E-state index contributed by atoms with van der Waals surface area (Å²) in [6.07, 6.45) is 10.8. The third kappa shape index (κ3) is 5.78. The number of aromatic amines is 1. The number of ether oxygens (including phenoxy) is 1. The molecule has 4 aromatic rings. The summed E-state index contributed by atoms with van der Waals surface area (Å²) in [4.78, 5) is 24.0. The molecule has 2 N–H and O–H groups in total. The van der Waals surface area contributed by atoms with Gasteiger partial charge >= 0.3 is 0 Å². The van der Waals surface area contributed by atoms with Crippen LogP contribution in [-0.4, -0.2) is 28.5 Å². The molecular formula is C32H35N3O3S. The number of amides is 1. The summed E-state index contributed by atoms with van der Waals surface area (Å²) in [5.74, 6) is 1.98. The Labute approximate surface area is 233 Å². The van der Waals surface area contributed by atoms with Gasteiger partial charge in [-0.3, -0.25) is 9.89 Å². The van der Waals surface area contributed by atoms with Gasteiger partial charge in [-0.1, -0.05) is 6.42 Å². The fourth-order valence-corrected chi connectivity index (χ4v) is 6.72. The Hall–Kier alpha value is -3.45. The number of hydrogen-bond donors (Lipinski definition) is 2. The summed E-state index contributed by atoms with van der Waals surface area (Å²) in [6, 6.07) is 16.0. The summed E-state index contributed by atoms with van der Waals surface area (Å²) in [5.41, 5.74) is 4.57. The molecule has 2 saturated carbocycles. The van der Waals surface area contributed by atoms with Gasteiger partial charge in [0.05, 0.1) is 23.4 Å². The number of nitrogens with zero attached hydrogens (tertiary/aromatic N) is 1. The molecule has 2 aliphatic rings. The molecule has 2 aliphatic carbocycles. The lowest BCUT2D eigenvalue weighted by molar-refractivity contribution is -0.108. The van der Waals surface area contributed by atoms with Gasteiger partial charge in [0.25, 0.3) is 5.91 Å². The minimum Gasteiger partial charge on any atom is -0.490 e. The number of hydrogen-bond acceptors (Lipinski definition) is 5. The van der Waals surface area contributed by atoms with Gasteiger partial charge in [-0.25, -0.2) is 0 Å². The Kier molecular flexibility index (Phi) is 7.77. The lowest BCUT2D eigenvalue weighted by Crippen LogP contribution is -2.36. The quantitative estimate of drug-likeness (QED) is 0.204. The van der Waals surface area contributed by atoms with Crippen molar-refractivity contribution in [3.05, 3.63) is 70.4 Å². The second-order valence-electron chi connectivity index (χ2n) is 11.1. The van der Waals surface area contributed by atoms with Crippen LogP contribution in [0.15, 0.2) is 59.3 Å². The van der Waals surface area contributed by atoms with E-state index in [-0.39, 0.29) is 18.1 Å². The second-order valence-corrected chi connectivity index (χ2v) is 11.8. The number of aldehydes is 1. The normalized spacial score (nSPS) is 20.3. The molecular weight excluding hydrogens is 506 g/mol. The van der Waals surface area contributed by atoms with E-state index in [0.29, 0.717) is 23.8 Å². The van der Waals surface area contributed by atoms with E-state index in [0.717, 1.165) is 79.1 Å². The number of carbonyl (C=O) groups excluding carboxylic acids is 2. The minimum atomic E-state index is -0.0447. The van der Waals surface area contributed by atoms with Crippen LogP contribution >= 0.6 is 11.3 Å². The lowest BCUT2D eigenvalue weighted by Gasteiger charge is -2.34. The van der Waals surface area contributed by atoms with Crippen molar-refractivity contribution in [3.63, 3.8) is 0 Å². The predicted molar refractivity (Wildman–Crippen MR) is 155 cm³/mol. The van der Waals surface area contributed by atoms with Crippen LogP contribution in [0.3, 0.4) is 0 Å². The van der Waals surface area contributed by atoms with Gasteiger partial charge in [0.15, 0.2) is 0 Å². The van der Waals surface area contributed by atoms with Gasteiger partial charge in [0.1, 0.15) is 12.0 Å². The number of aromatic nitrogens is 2. The zero-order chi connectivity index (χ0) is 26.6. The van der Waals surface area contributed by atoms with Crippen LogP contribution in [0.5, 0.6) is 5.75 Å². The van der Waals surface area contributed by atoms with Gasteiger partial charge in [-0.15, -0.1) is 0 Å². The third-order valence-corrected chi connectivity index (χ3v) is 9.25. The molecule has 0 spiro atoms. The monoisotopic (exact) mass is 541 g/mol. The number of H-pyrrole nitrogens is 1. The Morgan fingerprint density at radius 3 is 2.59 bits per heavy atom. The van der Waals surface area contributed by atoms with Crippen LogP contribution in [0.25, 0.3) is 22.2 Å². The Morgan fingerprint density at radius 2 is 1.90 bits per heavy atom. The molecule has 1 amide bonds. The summed E-state index contributed by atoms with van der Waals surface area (Å²) in [6.45, 7) is 0. The smallest absolute Gasteiger partial charge is 0.251 e.